The summed E-state index contributed by atoms with van der Waals surface area (Å²) in [6.07, 6.45) is -4.44. The summed E-state index contributed by atoms with van der Waals surface area (Å²) in [5.41, 5.74) is 1.54. The molecule has 0 saturated heterocycles. The van der Waals surface area contributed by atoms with Crippen molar-refractivity contribution in [3.8, 4) is 0 Å². The van der Waals surface area contributed by atoms with Crippen molar-refractivity contribution in [1.82, 2.24) is 0 Å². The van der Waals surface area contributed by atoms with E-state index in [1.807, 2.05) is 25.1 Å². The lowest BCUT2D eigenvalue weighted by Gasteiger charge is -2.10. The number of hydrogen-bond donors (Lipinski definition) is 2. The van der Waals surface area contributed by atoms with E-state index in [2.05, 4.69) is 10.6 Å². The van der Waals surface area contributed by atoms with Gasteiger partial charge in [0, 0.05) is 22.5 Å². The average Bonchev–Trinajstić information content (AvgIpc) is 2.68. The van der Waals surface area contributed by atoms with E-state index < -0.39 is 17.6 Å². The van der Waals surface area contributed by atoms with Gasteiger partial charge in [-0.1, -0.05) is 18.2 Å². The average molecular weight is 398 g/mol. The first-order chi connectivity index (χ1) is 13.7. The molecule has 4 nitrogen and oxygen atoms in total. The highest BCUT2D eigenvalue weighted by molar-refractivity contribution is 6.08. The Bertz CT molecular complexity index is 1040. The zero-order chi connectivity index (χ0) is 21.0. The maximum absolute atomic E-state index is 12.6. The molecule has 7 heteroatoms. The van der Waals surface area contributed by atoms with Crippen molar-refractivity contribution in [2.45, 2.75) is 13.1 Å². The molecule has 0 aromatic heterocycles. The predicted molar refractivity (Wildman–Crippen MR) is 105 cm³/mol. The molecule has 3 rings (SSSR count). The summed E-state index contributed by atoms with van der Waals surface area (Å²) in [6.45, 7) is 1.90. The van der Waals surface area contributed by atoms with Gasteiger partial charge in [-0.05, 0) is 67.1 Å². The number of carbonyl (C=O) groups excluding carboxylic acids is 2. The minimum atomic E-state index is -4.44. The minimum absolute atomic E-state index is 0.210. The summed E-state index contributed by atoms with van der Waals surface area (Å²) in [7, 11) is 0. The lowest BCUT2D eigenvalue weighted by Crippen LogP contribution is -2.15. The molecule has 0 saturated carbocycles. The summed E-state index contributed by atoms with van der Waals surface area (Å²) in [4.78, 5) is 24.8. The van der Waals surface area contributed by atoms with Gasteiger partial charge in [0.25, 0.3) is 11.8 Å². The predicted octanol–water partition coefficient (Wildman–Crippen LogP) is 5.52. The van der Waals surface area contributed by atoms with Crippen molar-refractivity contribution >= 4 is 23.2 Å². The van der Waals surface area contributed by atoms with Crippen molar-refractivity contribution in [2.75, 3.05) is 10.6 Å². The first-order valence-corrected chi connectivity index (χ1v) is 8.69. The van der Waals surface area contributed by atoms with Crippen molar-refractivity contribution in [3.63, 3.8) is 0 Å². The maximum atomic E-state index is 12.6. The highest BCUT2D eigenvalue weighted by Crippen LogP contribution is 2.29. The quantitative estimate of drug-likeness (QED) is 0.608. The smallest absolute Gasteiger partial charge is 0.322 e. The van der Waals surface area contributed by atoms with Crippen LogP contribution in [0.5, 0.6) is 0 Å². The molecule has 148 valence electrons. The number of hydrogen-bond acceptors (Lipinski definition) is 2. The van der Waals surface area contributed by atoms with E-state index >= 15 is 0 Å². The van der Waals surface area contributed by atoms with Gasteiger partial charge in [-0.3, -0.25) is 9.59 Å². The lowest BCUT2D eigenvalue weighted by molar-refractivity contribution is -0.137. The number of amides is 2. The van der Waals surface area contributed by atoms with E-state index in [0.717, 1.165) is 17.7 Å². The van der Waals surface area contributed by atoms with Gasteiger partial charge < -0.3 is 10.6 Å². The molecular formula is C22H17F3N2O2. The van der Waals surface area contributed by atoms with Gasteiger partial charge in [0.15, 0.2) is 0 Å². The zero-order valence-electron chi connectivity index (χ0n) is 15.4. The van der Waals surface area contributed by atoms with E-state index in [9.17, 15) is 22.8 Å². The van der Waals surface area contributed by atoms with E-state index in [4.69, 9.17) is 0 Å². The Hall–Kier alpha value is -3.61. The summed E-state index contributed by atoms with van der Waals surface area (Å²) in [6, 6.07) is 17.5. The van der Waals surface area contributed by atoms with E-state index in [0.29, 0.717) is 5.69 Å². The van der Waals surface area contributed by atoms with Gasteiger partial charge in [0.1, 0.15) is 0 Å². The summed E-state index contributed by atoms with van der Waals surface area (Å²) in [5, 5.41) is 5.28. The SMILES string of the molecule is Cc1cccc(NC(=O)c2cccc(C(=O)Nc3ccc(C(F)(F)F)cc3)c2)c1. The fraction of sp³-hybridized carbons (Fsp3) is 0.0909. The molecule has 3 aromatic carbocycles. The van der Waals surface area contributed by atoms with Crippen LogP contribution in [0, 0.1) is 6.92 Å². The van der Waals surface area contributed by atoms with Crippen molar-refractivity contribution < 1.29 is 22.8 Å². The molecule has 0 unspecified atom stereocenters. The van der Waals surface area contributed by atoms with Crippen LogP contribution < -0.4 is 10.6 Å². The Morgan fingerprint density at radius 1 is 0.724 bits per heavy atom. The Balaban J connectivity index is 1.71. The number of alkyl halides is 3. The van der Waals surface area contributed by atoms with Gasteiger partial charge in [-0.15, -0.1) is 0 Å². The van der Waals surface area contributed by atoms with Crippen LogP contribution in [0.3, 0.4) is 0 Å². The van der Waals surface area contributed by atoms with Crippen LogP contribution in [0.15, 0.2) is 72.8 Å². The highest BCUT2D eigenvalue weighted by atomic mass is 19.4. The summed E-state index contributed by atoms with van der Waals surface area (Å²) in [5.74, 6) is -0.908. The zero-order valence-corrected chi connectivity index (χ0v) is 15.4. The molecule has 0 fully saturated rings. The second-order valence-corrected chi connectivity index (χ2v) is 6.43. The topological polar surface area (TPSA) is 58.2 Å². The number of halogens is 3. The molecular weight excluding hydrogens is 381 g/mol. The van der Waals surface area contributed by atoms with Crippen molar-refractivity contribution in [2.24, 2.45) is 0 Å². The number of rotatable bonds is 4. The molecule has 0 heterocycles. The minimum Gasteiger partial charge on any atom is -0.322 e. The van der Waals surface area contributed by atoms with E-state index in [1.54, 1.807) is 18.2 Å². The third-order valence-electron chi connectivity index (χ3n) is 4.13. The number of carbonyl (C=O) groups is 2. The van der Waals surface area contributed by atoms with E-state index in [1.165, 1.54) is 24.3 Å². The fourth-order valence-electron chi connectivity index (χ4n) is 2.67. The molecule has 0 aliphatic heterocycles. The lowest BCUT2D eigenvalue weighted by atomic mass is 10.1. The second kappa shape index (κ2) is 8.18. The van der Waals surface area contributed by atoms with Gasteiger partial charge in [-0.2, -0.15) is 13.2 Å². The first-order valence-electron chi connectivity index (χ1n) is 8.69. The molecule has 0 atom stereocenters. The Kier molecular flexibility index (Phi) is 5.68. The van der Waals surface area contributed by atoms with Crippen LogP contribution in [0.25, 0.3) is 0 Å². The molecule has 0 spiro atoms. The van der Waals surface area contributed by atoms with Crippen molar-refractivity contribution in [3.05, 3.63) is 95.1 Å². The van der Waals surface area contributed by atoms with Crippen molar-refractivity contribution in [1.29, 1.82) is 0 Å². The molecule has 29 heavy (non-hydrogen) atoms. The summed E-state index contributed by atoms with van der Waals surface area (Å²) < 4.78 is 37.9. The molecule has 3 aromatic rings. The molecule has 0 bridgehead atoms. The number of aryl methyl sites for hydroxylation is 1. The van der Waals surface area contributed by atoms with Gasteiger partial charge in [0.2, 0.25) is 0 Å². The number of anilines is 2. The molecule has 0 radical (unpaired) electrons. The highest BCUT2D eigenvalue weighted by Gasteiger charge is 2.30. The van der Waals surface area contributed by atoms with Crippen LogP contribution in [0.2, 0.25) is 0 Å². The molecule has 2 amide bonds. The van der Waals surface area contributed by atoms with Crippen LogP contribution in [0.1, 0.15) is 31.8 Å². The summed E-state index contributed by atoms with van der Waals surface area (Å²) >= 11 is 0. The standard InChI is InChI=1S/C22H17F3N2O2/c1-14-4-2-7-19(12-14)27-21(29)16-6-3-5-15(13-16)20(28)26-18-10-8-17(9-11-18)22(23,24)25/h2-13H,1H3,(H,26,28)(H,27,29). The number of nitrogens with one attached hydrogen (secondary N) is 2. The van der Waals surface area contributed by atoms with Gasteiger partial charge >= 0.3 is 6.18 Å². The molecule has 2 N–H and O–H groups in total. The Labute approximate surface area is 165 Å². The third-order valence-corrected chi connectivity index (χ3v) is 4.13. The normalized spacial score (nSPS) is 11.0. The van der Waals surface area contributed by atoms with Crippen LogP contribution >= 0.6 is 0 Å². The molecule has 0 aliphatic carbocycles. The van der Waals surface area contributed by atoms with Crippen LogP contribution in [-0.2, 0) is 6.18 Å². The Morgan fingerprint density at radius 3 is 1.83 bits per heavy atom. The Morgan fingerprint density at radius 2 is 1.28 bits per heavy atom. The maximum Gasteiger partial charge on any atom is 0.416 e. The monoisotopic (exact) mass is 398 g/mol. The molecule has 0 aliphatic rings. The second-order valence-electron chi connectivity index (χ2n) is 6.43. The number of benzene rings is 3. The van der Waals surface area contributed by atoms with Crippen LogP contribution in [0.4, 0.5) is 24.5 Å². The van der Waals surface area contributed by atoms with E-state index in [-0.39, 0.29) is 22.7 Å². The van der Waals surface area contributed by atoms with Gasteiger partial charge in [0.05, 0.1) is 5.56 Å². The largest absolute Gasteiger partial charge is 0.416 e. The third kappa shape index (κ3) is 5.22. The fourth-order valence-corrected chi connectivity index (χ4v) is 2.67. The van der Waals surface area contributed by atoms with Crippen LogP contribution in [-0.4, -0.2) is 11.8 Å². The van der Waals surface area contributed by atoms with Gasteiger partial charge in [-0.25, -0.2) is 0 Å². The first kappa shape index (κ1) is 20.1.